The second kappa shape index (κ2) is 16.5. The molecule has 0 aliphatic rings. The van der Waals surface area contributed by atoms with E-state index in [9.17, 15) is 24.9 Å². The molecule has 1 heterocycles. The molecule has 0 spiro atoms. The second-order valence-electron chi connectivity index (χ2n) is 9.83. The van der Waals surface area contributed by atoms with Gasteiger partial charge in [0.25, 0.3) is 0 Å². The molecule has 0 amide bonds. The van der Waals surface area contributed by atoms with E-state index in [-0.39, 0.29) is 23.9 Å². The Bertz CT molecular complexity index is 1250. The van der Waals surface area contributed by atoms with Crippen molar-refractivity contribution in [3.63, 3.8) is 0 Å². The molecule has 3 rings (SSSR count). The molecule has 10 heteroatoms. The van der Waals surface area contributed by atoms with E-state index in [4.69, 9.17) is 9.47 Å². The van der Waals surface area contributed by atoms with Gasteiger partial charge in [-0.15, -0.1) is 0 Å². The van der Waals surface area contributed by atoms with Crippen molar-refractivity contribution in [3.8, 4) is 17.3 Å². The molecule has 40 heavy (non-hydrogen) atoms. The Morgan fingerprint density at radius 1 is 1.02 bits per heavy atom. The number of imidazole rings is 1. The second-order valence-corrected chi connectivity index (χ2v) is 9.83. The molecule has 10 nitrogen and oxygen atoms in total. The first-order valence-electron chi connectivity index (χ1n) is 13.9. The first kappa shape index (κ1) is 30.9. The van der Waals surface area contributed by atoms with Crippen LogP contribution in [0.4, 0.5) is 0 Å². The molecule has 0 aliphatic heterocycles. The lowest BCUT2D eigenvalue weighted by Gasteiger charge is -2.14. The van der Waals surface area contributed by atoms with E-state index in [1.54, 1.807) is 18.2 Å². The summed E-state index contributed by atoms with van der Waals surface area (Å²) in [6.45, 7) is 3.95. The van der Waals surface area contributed by atoms with Crippen LogP contribution in [0.2, 0.25) is 0 Å². The van der Waals surface area contributed by atoms with Crippen LogP contribution >= 0.6 is 0 Å². The predicted octanol–water partition coefficient (Wildman–Crippen LogP) is 3.86. The van der Waals surface area contributed by atoms with Gasteiger partial charge < -0.3 is 35.1 Å². The Kier molecular flexibility index (Phi) is 12.8. The normalized spacial score (nSPS) is 11.9. The number of phenolic OH excluding ortho intramolecular Hbond substituents is 1. The molecule has 0 saturated carbocycles. The number of carbonyl (C=O) groups excluding carboxylic acids is 1. The first-order chi connectivity index (χ1) is 19.3. The van der Waals surface area contributed by atoms with Gasteiger partial charge in [-0.05, 0) is 74.0 Å². The number of aromatic nitrogens is 2. The lowest BCUT2D eigenvalue weighted by molar-refractivity contribution is -0.142. The Balaban J connectivity index is 1.18. The molecule has 0 unspecified atom stereocenters. The van der Waals surface area contributed by atoms with Crippen molar-refractivity contribution >= 4 is 5.97 Å². The first-order valence-corrected chi connectivity index (χ1v) is 13.9. The maximum Gasteiger partial charge on any atom is 0.333 e. The largest absolute Gasteiger partial charge is 0.508 e. The number of phenols is 1. The van der Waals surface area contributed by atoms with Gasteiger partial charge in [-0.1, -0.05) is 31.0 Å². The monoisotopic (exact) mass is 555 g/mol. The van der Waals surface area contributed by atoms with Gasteiger partial charge in [0.2, 0.25) is 5.88 Å². The molecule has 0 fully saturated rings. The number of aromatic amines is 1. The number of unbranched alkanes of at least 4 members (excludes halogenated alkanes) is 4. The lowest BCUT2D eigenvalue weighted by Crippen LogP contribution is -2.22. The molecule has 3 aromatic rings. The third-order valence-electron chi connectivity index (χ3n) is 6.58. The van der Waals surface area contributed by atoms with Gasteiger partial charge >= 0.3 is 11.7 Å². The van der Waals surface area contributed by atoms with Crippen molar-refractivity contribution in [2.45, 2.75) is 64.6 Å². The molecule has 0 bridgehead atoms. The zero-order valence-electron chi connectivity index (χ0n) is 23.1. The lowest BCUT2D eigenvalue weighted by atomic mass is 10.1. The Morgan fingerprint density at radius 3 is 2.55 bits per heavy atom. The van der Waals surface area contributed by atoms with Crippen LogP contribution in [0.15, 0.2) is 53.5 Å². The number of nitrogens with one attached hydrogen (secondary N) is 2. The fraction of sp³-hybridized carbons (Fsp3) is 0.467. The highest BCUT2D eigenvalue weighted by Crippen LogP contribution is 2.23. The number of nitrogens with zero attached hydrogens (tertiary/aromatic N) is 1. The van der Waals surface area contributed by atoms with Gasteiger partial charge in [0.05, 0.1) is 18.0 Å². The van der Waals surface area contributed by atoms with Crippen molar-refractivity contribution in [1.82, 2.24) is 14.9 Å². The van der Waals surface area contributed by atoms with Crippen LogP contribution in [-0.2, 0) is 27.3 Å². The van der Waals surface area contributed by atoms with Crippen LogP contribution in [-0.4, -0.2) is 57.1 Å². The molecule has 1 aromatic heterocycles. The minimum Gasteiger partial charge on any atom is -0.508 e. The summed E-state index contributed by atoms with van der Waals surface area (Å²) in [5.74, 6) is -0.499. The zero-order valence-corrected chi connectivity index (χ0v) is 23.1. The van der Waals surface area contributed by atoms with Crippen molar-refractivity contribution < 1.29 is 29.6 Å². The van der Waals surface area contributed by atoms with Crippen LogP contribution in [0.25, 0.3) is 5.69 Å². The summed E-state index contributed by atoms with van der Waals surface area (Å²) in [5.41, 5.74) is 2.52. The Hall–Kier alpha value is -3.60. The maximum absolute atomic E-state index is 11.8. The minimum absolute atomic E-state index is 0.0283. The van der Waals surface area contributed by atoms with Crippen molar-refractivity contribution in [2.24, 2.45) is 0 Å². The van der Waals surface area contributed by atoms with Crippen molar-refractivity contribution in [2.75, 3.05) is 26.3 Å². The van der Waals surface area contributed by atoms with Crippen molar-refractivity contribution in [3.05, 3.63) is 75.8 Å². The Labute approximate surface area is 234 Å². The van der Waals surface area contributed by atoms with E-state index < -0.39 is 12.1 Å². The van der Waals surface area contributed by atoms with Crippen LogP contribution in [0.3, 0.4) is 0 Å². The van der Waals surface area contributed by atoms with Gasteiger partial charge in [0.1, 0.15) is 12.4 Å². The molecule has 0 saturated heterocycles. The fourth-order valence-corrected chi connectivity index (χ4v) is 4.37. The number of H-pyrrole nitrogens is 1. The predicted molar refractivity (Wildman–Crippen MR) is 152 cm³/mol. The molecular formula is C30H41N3O7. The SMILES string of the molecule is CC(=O)OCc1cc([C@@H](O)CNCCCCCCOCCCCc2cccc(-n3c(O)c[nH]c3=O)c2)ccc1O. The Morgan fingerprint density at radius 2 is 1.80 bits per heavy atom. The summed E-state index contributed by atoms with van der Waals surface area (Å²) in [6, 6.07) is 12.4. The number of carbonyl (C=O) groups is 1. The van der Waals surface area contributed by atoms with E-state index in [2.05, 4.69) is 10.3 Å². The molecular weight excluding hydrogens is 514 g/mol. The number of rotatable bonds is 18. The van der Waals surface area contributed by atoms with Crippen LogP contribution in [0.5, 0.6) is 11.6 Å². The van der Waals surface area contributed by atoms with E-state index in [0.29, 0.717) is 23.4 Å². The van der Waals surface area contributed by atoms with E-state index >= 15 is 0 Å². The summed E-state index contributed by atoms with van der Waals surface area (Å²) in [5, 5.41) is 33.4. The molecule has 1 atom stereocenters. The van der Waals surface area contributed by atoms with Crippen LogP contribution < -0.4 is 11.0 Å². The number of esters is 1. The van der Waals surface area contributed by atoms with Gasteiger partial charge in [-0.2, -0.15) is 0 Å². The highest BCUT2D eigenvalue weighted by Gasteiger charge is 2.11. The summed E-state index contributed by atoms with van der Waals surface area (Å²) in [4.78, 5) is 25.3. The number of aliphatic hydroxyl groups excluding tert-OH is 1. The number of aromatic hydroxyl groups is 2. The van der Waals surface area contributed by atoms with Gasteiger partial charge in [-0.3, -0.25) is 4.79 Å². The van der Waals surface area contributed by atoms with Gasteiger partial charge in [0.15, 0.2) is 0 Å². The number of benzene rings is 2. The molecule has 2 aromatic carbocycles. The quantitative estimate of drug-likeness (QED) is 0.117. The average Bonchev–Trinajstić information content (AvgIpc) is 3.28. The van der Waals surface area contributed by atoms with E-state index in [1.165, 1.54) is 23.8 Å². The number of aryl methyl sites for hydroxylation is 1. The topological polar surface area (TPSA) is 146 Å². The maximum atomic E-state index is 11.8. The summed E-state index contributed by atoms with van der Waals surface area (Å²) >= 11 is 0. The fourth-order valence-electron chi connectivity index (χ4n) is 4.37. The molecule has 0 radical (unpaired) electrons. The number of aliphatic hydroxyl groups is 1. The highest BCUT2D eigenvalue weighted by molar-refractivity contribution is 5.66. The third kappa shape index (κ3) is 10.2. The molecule has 218 valence electrons. The third-order valence-corrected chi connectivity index (χ3v) is 6.58. The summed E-state index contributed by atoms with van der Waals surface area (Å²) < 4.78 is 11.9. The van der Waals surface area contributed by atoms with Gasteiger partial charge in [-0.25, -0.2) is 9.36 Å². The van der Waals surface area contributed by atoms with Crippen LogP contribution in [0.1, 0.15) is 68.2 Å². The van der Waals surface area contributed by atoms with Gasteiger partial charge in [0, 0.05) is 32.2 Å². The number of hydrogen-bond acceptors (Lipinski definition) is 8. The number of ether oxygens (including phenoxy) is 2. The summed E-state index contributed by atoms with van der Waals surface area (Å²) in [6.07, 6.45) is 7.55. The zero-order chi connectivity index (χ0) is 28.7. The average molecular weight is 556 g/mol. The molecule has 5 N–H and O–H groups in total. The standard InChI is InChI=1S/C30H41N3O7/c1-22(34)40-21-25-18-24(12-13-27(25)35)28(36)19-31-14-5-2-3-6-15-39-16-7-4-9-23-10-8-11-26(17-23)33-29(37)20-32-30(33)38/h8,10-13,17-18,20,28,31,35-37H,2-7,9,14-16,19,21H2,1H3,(H,32,38)/t28-/m0/s1. The summed E-state index contributed by atoms with van der Waals surface area (Å²) in [7, 11) is 0. The minimum atomic E-state index is -0.717. The smallest absolute Gasteiger partial charge is 0.333 e. The van der Waals surface area contributed by atoms with E-state index in [1.807, 2.05) is 18.2 Å². The van der Waals surface area contributed by atoms with Crippen LogP contribution in [0, 0.1) is 0 Å². The molecule has 0 aliphatic carbocycles. The van der Waals surface area contributed by atoms with Crippen molar-refractivity contribution in [1.29, 1.82) is 0 Å². The van der Waals surface area contributed by atoms with E-state index in [0.717, 1.165) is 70.3 Å². The highest BCUT2D eigenvalue weighted by atomic mass is 16.5. The number of hydrogen-bond donors (Lipinski definition) is 5.